The van der Waals surface area contributed by atoms with Gasteiger partial charge in [0.15, 0.2) is 0 Å². The van der Waals surface area contributed by atoms with Crippen molar-refractivity contribution in [3.05, 3.63) is 89.4 Å². The van der Waals surface area contributed by atoms with Crippen LogP contribution in [0.2, 0.25) is 5.02 Å². The van der Waals surface area contributed by atoms with Gasteiger partial charge in [-0.15, -0.1) is 0 Å². The first-order chi connectivity index (χ1) is 14.1. The van der Waals surface area contributed by atoms with Gasteiger partial charge < -0.3 is 14.2 Å². The fraction of sp³-hybridized carbons (Fsp3) is 0.130. The lowest BCUT2D eigenvalue weighted by Crippen LogP contribution is -2.12. The summed E-state index contributed by atoms with van der Waals surface area (Å²) in [6.07, 6.45) is -0.151. The van der Waals surface area contributed by atoms with Crippen LogP contribution in [0.1, 0.15) is 18.4 Å². The summed E-state index contributed by atoms with van der Waals surface area (Å²) in [4.78, 5) is 23.8. The average molecular weight is 411 g/mol. The largest absolute Gasteiger partial charge is 0.461 e. The number of ether oxygens (including phenoxy) is 3. The molecule has 0 fully saturated rings. The SMILES string of the molecule is O=C(CCC(=O)Oc1cccc(Cl)c1)OCc1cccc(Oc2ccccc2)c1. The van der Waals surface area contributed by atoms with E-state index < -0.39 is 11.9 Å². The molecule has 0 spiro atoms. The van der Waals surface area contributed by atoms with E-state index in [0.717, 1.165) is 11.3 Å². The molecule has 0 saturated carbocycles. The number of carbonyl (C=O) groups excluding carboxylic acids is 2. The zero-order valence-electron chi connectivity index (χ0n) is 15.5. The van der Waals surface area contributed by atoms with Gasteiger partial charge in [-0.3, -0.25) is 9.59 Å². The standard InChI is InChI=1S/C23H19ClO5/c24-18-7-5-11-21(15-18)29-23(26)13-12-22(25)27-16-17-6-4-10-20(14-17)28-19-8-2-1-3-9-19/h1-11,14-15H,12-13,16H2. The van der Waals surface area contributed by atoms with E-state index in [2.05, 4.69) is 0 Å². The molecular weight excluding hydrogens is 392 g/mol. The number of carbonyl (C=O) groups is 2. The van der Waals surface area contributed by atoms with Crippen molar-refractivity contribution < 1.29 is 23.8 Å². The van der Waals surface area contributed by atoms with E-state index in [9.17, 15) is 9.59 Å². The maximum atomic E-state index is 11.9. The van der Waals surface area contributed by atoms with Crippen molar-refractivity contribution >= 4 is 23.5 Å². The Morgan fingerprint density at radius 2 is 1.41 bits per heavy atom. The fourth-order valence-electron chi connectivity index (χ4n) is 2.48. The van der Waals surface area contributed by atoms with Gasteiger partial charge in [0.2, 0.25) is 0 Å². The van der Waals surface area contributed by atoms with Gasteiger partial charge in [0.1, 0.15) is 23.9 Å². The summed E-state index contributed by atoms with van der Waals surface area (Å²) >= 11 is 5.84. The van der Waals surface area contributed by atoms with Crippen molar-refractivity contribution in [1.82, 2.24) is 0 Å². The summed E-state index contributed by atoms with van der Waals surface area (Å²) < 4.78 is 16.1. The van der Waals surface area contributed by atoms with Crippen molar-refractivity contribution in [2.45, 2.75) is 19.4 Å². The maximum Gasteiger partial charge on any atom is 0.311 e. The van der Waals surface area contributed by atoms with Gasteiger partial charge in [-0.1, -0.05) is 48.0 Å². The Morgan fingerprint density at radius 3 is 2.21 bits per heavy atom. The van der Waals surface area contributed by atoms with Crippen LogP contribution >= 0.6 is 11.6 Å². The molecule has 0 aromatic heterocycles. The van der Waals surface area contributed by atoms with Crippen LogP contribution in [0, 0.1) is 0 Å². The first-order valence-corrected chi connectivity index (χ1v) is 9.40. The summed E-state index contributed by atoms with van der Waals surface area (Å²) in [6, 6.07) is 23.2. The maximum absolute atomic E-state index is 11.9. The Labute approximate surface area is 173 Å². The summed E-state index contributed by atoms with van der Waals surface area (Å²) in [5.41, 5.74) is 0.785. The molecule has 3 aromatic rings. The zero-order chi connectivity index (χ0) is 20.5. The second-order valence-corrected chi connectivity index (χ2v) is 6.59. The molecule has 0 saturated heterocycles. The summed E-state index contributed by atoms with van der Waals surface area (Å²) in [6.45, 7) is 0.0914. The molecule has 0 radical (unpaired) electrons. The third-order valence-electron chi connectivity index (χ3n) is 3.84. The van der Waals surface area contributed by atoms with E-state index in [1.165, 1.54) is 6.07 Å². The molecule has 0 amide bonds. The topological polar surface area (TPSA) is 61.8 Å². The summed E-state index contributed by atoms with van der Waals surface area (Å²) in [5.74, 6) is 0.700. The molecule has 0 aliphatic heterocycles. The van der Waals surface area contributed by atoms with E-state index in [4.69, 9.17) is 25.8 Å². The number of benzene rings is 3. The van der Waals surface area contributed by atoms with Crippen molar-refractivity contribution in [1.29, 1.82) is 0 Å². The van der Waals surface area contributed by atoms with Gasteiger partial charge in [0.05, 0.1) is 12.8 Å². The highest BCUT2D eigenvalue weighted by Crippen LogP contribution is 2.22. The van der Waals surface area contributed by atoms with Crippen molar-refractivity contribution in [2.75, 3.05) is 0 Å². The minimum absolute atomic E-state index is 0.0698. The van der Waals surface area contributed by atoms with Crippen LogP contribution < -0.4 is 9.47 Å². The molecule has 3 rings (SSSR count). The highest BCUT2D eigenvalue weighted by molar-refractivity contribution is 6.30. The van der Waals surface area contributed by atoms with Gasteiger partial charge >= 0.3 is 11.9 Å². The number of esters is 2. The van der Waals surface area contributed by atoms with E-state index in [0.29, 0.717) is 16.5 Å². The quantitative estimate of drug-likeness (QED) is 0.359. The van der Waals surface area contributed by atoms with Gasteiger partial charge in [0, 0.05) is 5.02 Å². The number of hydrogen-bond donors (Lipinski definition) is 0. The summed E-state index contributed by atoms with van der Waals surface area (Å²) in [7, 11) is 0. The van der Waals surface area contributed by atoms with Crippen LogP contribution in [-0.2, 0) is 20.9 Å². The van der Waals surface area contributed by atoms with Crippen LogP contribution in [0.25, 0.3) is 0 Å². The van der Waals surface area contributed by atoms with Crippen molar-refractivity contribution in [3.63, 3.8) is 0 Å². The molecule has 0 heterocycles. The zero-order valence-corrected chi connectivity index (χ0v) is 16.3. The van der Waals surface area contributed by atoms with E-state index in [-0.39, 0.29) is 19.4 Å². The first-order valence-electron chi connectivity index (χ1n) is 9.02. The van der Waals surface area contributed by atoms with Crippen LogP contribution in [0.5, 0.6) is 17.2 Å². The average Bonchev–Trinajstić information content (AvgIpc) is 2.72. The fourth-order valence-corrected chi connectivity index (χ4v) is 2.66. The predicted octanol–water partition coefficient (Wildman–Crippen LogP) is 5.56. The molecule has 148 valence electrons. The molecule has 0 aliphatic rings. The predicted molar refractivity (Wildman–Crippen MR) is 109 cm³/mol. The highest BCUT2D eigenvalue weighted by Gasteiger charge is 2.11. The number of halogens is 1. The van der Waals surface area contributed by atoms with Crippen LogP contribution in [0.15, 0.2) is 78.9 Å². The Hall–Kier alpha value is -3.31. The molecular formula is C23H19ClO5. The summed E-state index contributed by atoms with van der Waals surface area (Å²) in [5, 5.41) is 0.466. The molecule has 0 aliphatic carbocycles. The molecule has 0 N–H and O–H groups in total. The smallest absolute Gasteiger partial charge is 0.311 e. The first kappa shape index (κ1) is 20.4. The van der Waals surface area contributed by atoms with E-state index >= 15 is 0 Å². The number of para-hydroxylation sites is 1. The van der Waals surface area contributed by atoms with Gasteiger partial charge in [0.25, 0.3) is 0 Å². The molecule has 0 unspecified atom stereocenters. The lowest BCUT2D eigenvalue weighted by atomic mass is 10.2. The third kappa shape index (κ3) is 6.97. The lowest BCUT2D eigenvalue weighted by molar-refractivity contribution is -0.148. The number of hydrogen-bond acceptors (Lipinski definition) is 5. The molecule has 6 heteroatoms. The molecule has 0 atom stereocenters. The monoisotopic (exact) mass is 410 g/mol. The lowest BCUT2D eigenvalue weighted by Gasteiger charge is -2.09. The second kappa shape index (κ2) is 10.3. The second-order valence-electron chi connectivity index (χ2n) is 6.15. The van der Waals surface area contributed by atoms with Crippen molar-refractivity contribution in [2.24, 2.45) is 0 Å². The normalized spacial score (nSPS) is 10.2. The molecule has 5 nitrogen and oxygen atoms in total. The Kier molecular flexibility index (Phi) is 7.25. The minimum Gasteiger partial charge on any atom is -0.461 e. The van der Waals surface area contributed by atoms with E-state index in [1.807, 2.05) is 48.5 Å². The van der Waals surface area contributed by atoms with Gasteiger partial charge in [-0.05, 0) is 48.0 Å². The van der Waals surface area contributed by atoms with Crippen molar-refractivity contribution in [3.8, 4) is 17.2 Å². The minimum atomic E-state index is -0.525. The molecule has 0 bridgehead atoms. The Bertz CT molecular complexity index is 972. The Morgan fingerprint density at radius 1 is 0.724 bits per heavy atom. The van der Waals surface area contributed by atoms with Crippen LogP contribution in [0.3, 0.4) is 0 Å². The van der Waals surface area contributed by atoms with Gasteiger partial charge in [-0.25, -0.2) is 0 Å². The van der Waals surface area contributed by atoms with Crippen LogP contribution in [0.4, 0.5) is 0 Å². The van der Waals surface area contributed by atoms with E-state index in [1.54, 1.807) is 24.3 Å². The van der Waals surface area contributed by atoms with Gasteiger partial charge in [-0.2, -0.15) is 0 Å². The molecule has 3 aromatic carbocycles. The third-order valence-corrected chi connectivity index (χ3v) is 4.07. The Balaban J connectivity index is 1.43. The molecule has 29 heavy (non-hydrogen) atoms. The van der Waals surface area contributed by atoms with Crippen LogP contribution in [-0.4, -0.2) is 11.9 Å². The highest BCUT2D eigenvalue weighted by atomic mass is 35.5. The number of rotatable bonds is 8.